The first-order chi connectivity index (χ1) is 8.28. The van der Waals surface area contributed by atoms with E-state index in [9.17, 15) is 0 Å². The molecule has 0 saturated heterocycles. The number of nitrogens with two attached hydrogens (primary N) is 1. The lowest BCUT2D eigenvalue weighted by Gasteiger charge is -2.06. The molecule has 1 aromatic carbocycles. The molecular formula is C13H12N4. The number of pyridine rings is 1. The Labute approximate surface area is 99.7 Å². The number of hydrogen-bond donors (Lipinski definition) is 2. The Morgan fingerprint density at radius 1 is 1.12 bits per heavy atom. The average molecular weight is 224 g/mol. The van der Waals surface area contributed by atoms with Crippen molar-refractivity contribution in [1.82, 2.24) is 4.98 Å². The summed E-state index contributed by atoms with van der Waals surface area (Å²) in [5.41, 5.74) is 8.35. The minimum absolute atomic E-state index is 0.434. The highest BCUT2D eigenvalue weighted by Gasteiger charge is 1.96. The fourth-order valence-corrected chi connectivity index (χ4v) is 1.44. The largest absolute Gasteiger partial charge is 0.384 e. The highest BCUT2D eigenvalue weighted by Crippen LogP contribution is 2.16. The van der Waals surface area contributed by atoms with Crippen LogP contribution in [0.25, 0.3) is 0 Å². The van der Waals surface area contributed by atoms with Crippen LogP contribution in [-0.2, 0) is 6.42 Å². The molecule has 0 bridgehead atoms. The quantitative estimate of drug-likeness (QED) is 0.839. The van der Waals surface area contributed by atoms with Crippen LogP contribution in [0.1, 0.15) is 5.56 Å². The van der Waals surface area contributed by atoms with E-state index < -0.39 is 0 Å². The maximum Gasteiger partial charge on any atom is 0.123 e. The van der Waals surface area contributed by atoms with Crippen molar-refractivity contribution >= 4 is 17.2 Å². The van der Waals surface area contributed by atoms with Gasteiger partial charge in [-0.05, 0) is 29.8 Å². The number of benzene rings is 1. The maximum atomic E-state index is 8.56. The van der Waals surface area contributed by atoms with Gasteiger partial charge in [0.1, 0.15) is 5.82 Å². The Morgan fingerprint density at radius 2 is 1.82 bits per heavy atom. The molecule has 84 valence electrons. The molecule has 0 spiro atoms. The summed E-state index contributed by atoms with van der Waals surface area (Å²) in [5.74, 6) is 0.500. The van der Waals surface area contributed by atoms with Crippen LogP contribution in [0.2, 0.25) is 0 Å². The van der Waals surface area contributed by atoms with Crippen molar-refractivity contribution in [1.29, 1.82) is 5.26 Å². The summed E-state index contributed by atoms with van der Waals surface area (Å²) in [6.07, 6.45) is 2.11. The van der Waals surface area contributed by atoms with E-state index in [1.807, 2.05) is 30.3 Å². The second-order valence-electron chi connectivity index (χ2n) is 3.63. The second kappa shape index (κ2) is 4.99. The van der Waals surface area contributed by atoms with Crippen molar-refractivity contribution in [2.75, 3.05) is 11.1 Å². The third-order valence-electron chi connectivity index (χ3n) is 2.31. The van der Waals surface area contributed by atoms with Gasteiger partial charge in [0.25, 0.3) is 0 Å². The topological polar surface area (TPSA) is 74.7 Å². The van der Waals surface area contributed by atoms with Gasteiger partial charge in [-0.15, -0.1) is 0 Å². The van der Waals surface area contributed by atoms with Crippen molar-refractivity contribution < 1.29 is 0 Å². The number of hydrogen-bond acceptors (Lipinski definition) is 4. The zero-order valence-corrected chi connectivity index (χ0v) is 9.22. The molecule has 0 atom stereocenters. The molecular weight excluding hydrogens is 212 g/mol. The van der Waals surface area contributed by atoms with E-state index >= 15 is 0 Å². The molecule has 0 unspecified atom stereocenters. The van der Waals surface area contributed by atoms with Crippen molar-refractivity contribution in [3.63, 3.8) is 0 Å². The van der Waals surface area contributed by atoms with Crippen LogP contribution < -0.4 is 11.1 Å². The van der Waals surface area contributed by atoms with Gasteiger partial charge < -0.3 is 11.1 Å². The molecule has 4 heteroatoms. The molecule has 4 nitrogen and oxygen atoms in total. The van der Waals surface area contributed by atoms with Gasteiger partial charge in [0, 0.05) is 5.69 Å². The fraction of sp³-hybridized carbons (Fsp3) is 0.0769. The lowest BCUT2D eigenvalue weighted by molar-refractivity contribution is 1.26. The van der Waals surface area contributed by atoms with Gasteiger partial charge in [-0.1, -0.05) is 12.1 Å². The fourth-order valence-electron chi connectivity index (χ4n) is 1.44. The Morgan fingerprint density at radius 3 is 2.41 bits per heavy atom. The Balaban J connectivity index is 2.09. The first-order valence-electron chi connectivity index (χ1n) is 5.22. The molecule has 1 aromatic heterocycles. The van der Waals surface area contributed by atoms with Crippen molar-refractivity contribution in [2.24, 2.45) is 0 Å². The van der Waals surface area contributed by atoms with E-state index in [-0.39, 0.29) is 0 Å². The van der Waals surface area contributed by atoms with Crippen molar-refractivity contribution in [2.45, 2.75) is 6.42 Å². The van der Waals surface area contributed by atoms with E-state index in [2.05, 4.69) is 16.4 Å². The van der Waals surface area contributed by atoms with E-state index in [1.165, 1.54) is 0 Å². The van der Waals surface area contributed by atoms with Crippen molar-refractivity contribution in [3.8, 4) is 6.07 Å². The lowest BCUT2D eigenvalue weighted by Crippen LogP contribution is -1.94. The van der Waals surface area contributed by atoms with Crippen LogP contribution in [-0.4, -0.2) is 4.98 Å². The number of aromatic nitrogens is 1. The number of anilines is 3. The van der Waals surface area contributed by atoms with E-state index in [4.69, 9.17) is 11.0 Å². The Kier molecular flexibility index (Phi) is 3.22. The molecule has 0 aliphatic heterocycles. The van der Waals surface area contributed by atoms with Crippen molar-refractivity contribution in [3.05, 3.63) is 48.2 Å². The number of rotatable bonds is 3. The standard InChI is InChI=1S/C13H12N4/c14-8-7-10-1-3-11(4-2-10)17-12-5-6-13(15)16-9-12/h1-6,9,17H,7H2,(H2,15,16). The molecule has 0 fully saturated rings. The molecule has 0 radical (unpaired) electrons. The molecule has 0 aliphatic carbocycles. The highest BCUT2D eigenvalue weighted by atomic mass is 14.9. The van der Waals surface area contributed by atoms with Crippen LogP contribution >= 0.6 is 0 Å². The van der Waals surface area contributed by atoms with Gasteiger partial charge in [0.2, 0.25) is 0 Å². The zero-order chi connectivity index (χ0) is 12.1. The van der Waals surface area contributed by atoms with Crippen LogP contribution in [0.3, 0.4) is 0 Å². The molecule has 3 N–H and O–H groups in total. The van der Waals surface area contributed by atoms with E-state index in [0.29, 0.717) is 12.2 Å². The van der Waals surface area contributed by atoms with E-state index in [1.54, 1.807) is 12.3 Å². The van der Waals surface area contributed by atoms with Crippen LogP contribution in [0.5, 0.6) is 0 Å². The summed E-state index contributed by atoms with van der Waals surface area (Å²) in [5, 5.41) is 11.8. The number of nitrogens with one attached hydrogen (secondary N) is 1. The third-order valence-corrected chi connectivity index (χ3v) is 2.31. The van der Waals surface area contributed by atoms with Crippen LogP contribution in [0, 0.1) is 11.3 Å². The predicted molar refractivity (Wildman–Crippen MR) is 67.7 cm³/mol. The molecule has 2 aromatic rings. The number of nitrogen functional groups attached to an aromatic ring is 1. The summed E-state index contributed by atoms with van der Waals surface area (Å²) in [7, 11) is 0. The zero-order valence-electron chi connectivity index (χ0n) is 9.22. The smallest absolute Gasteiger partial charge is 0.123 e. The Bertz CT molecular complexity index is 523. The summed E-state index contributed by atoms with van der Waals surface area (Å²) >= 11 is 0. The third kappa shape index (κ3) is 2.95. The minimum Gasteiger partial charge on any atom is -0.384 e. The summed E-state index contributed by atoms with van der Waals surface area (Å²) in [6.45, 7) is 0. The molecule has 0 aliphatic rings. The molecule has 17 heavy (non-hydrogen) atoms. The summed E-state index contributed by atoms with van der Waals surface area (Å²) in [6, 6.07) is 13.4. The number of nitrogens with zero attached hydrogens (tertiary/aromatic N) is 2. The monoisotopic (exact) mass is 224 g/mol. The van der Waals surface area contributed by atoms with Gasteiger partial charge in [0.15, 0.2) is 0 Å². The van der Waals surface area contributed by atoms with Gasteiger partial charge in [-0.3, -0.25) is 0 Å². The van der Waals surface area contributed by atoms with Gasteiger partial charge in [-0.2, -0.15) is 5.26 Å². The number of nitriles is 1. The normalized spacial score (nSPS) is 9.59. The highest BCUT2D eigenvalue weighted by molar-refractivity contribution is 5.59. The summed E-state index contributed by atoms with van der Waals surface area (Å²) in [4.78, 5) is 3.99. The average Bonchev–Trinajstić information content (AvgIpc) is 2.35. The molecule has 2 rings (SSSR count). The molecule has 0 saturated carbocycles. The van der Waals surface area contributed by atoms with Crippen LogP contribution in [0.15, 0.2) is 42.6 Å². The lowest BCUT2D eigenvalue weighted by atomic mass is 10.1. The SMILES string of the molecule is N#CCc1ccc(Nc2ccc(N)nc2)cc1. The van der Waals surface area contributed by atoms with Gasteiger partial charge in [0.05, 0.1) is 24.4 Å². The summed E-state index contributed by atoms with van der Waals surface area (Å²) < 4.78 is 0. The predicted octanol–water partition coefficient (Wildman–Crippen LogP) is 2.47. The van der Waals surface area contributed by atoms with Crippen LogP contribution in [0.4, 0.5) is 17.2 Å². The molecule has 0 amide bonds. The molecule has 1 heterocycles. The van der Waals surface area contributed by atoms with Gasteiger partial charge >= 0.3 is 0 Å². The first-order valence-corrected chi connectivity index (χ1v) is 5.22. The van der Waals surface area contributed by atoms with E-state index in [0.717, 1.165) is 16.9 Å². The second-order valence-corrected chi connectivity index (χ2v) is 3.63. The minimum atomic E-state index is 0.434. The first kappa shape index (κ1) is 11.0. The maximum absolute atomic E-state index is 8.56. The van der Waals surface area contributed by atoms with Gasteiger partial charge in [-0.25, -0.2) is 4.98 Å². The Hall–Kier alpha value is -2.54.